The van der Waals surface area contributed by atoms with Crippen LogP contribution in [0.5, 0.6) is 5.75 Å². The Labute approximate surface area is 155 Å². The van der Waals surface area contributed by atoms with Crippen LogP contribution in [0.2, 0.25) is 0 Å². The van der Waals surface area contributed by atoms with Crippen molar-refractivity contribution in [2.45, 2.75) is 32.6 Å². The highest BCUT2D eigenvalue weighted by molar-refractivity contribution is 5.92. The monoisotopic (exact) mass is 344 g/mol. The first-order valence-corrected chi connectivity index (χ1v) is 9.19. The van der Waals surface area contributed by atoms with Crippen molar-refractivity contribution in [3.05, 3.63) is 101 Å². The summed E-state index contributed by atoms with van der Waals surface area (Å²) in [6.07, 6.45) is 3.85. The normalized spacial score (nSPS) is 10.5. The van der Waals surface area contributed by atoms with E-state index in [9.17, 15) is 4.79 Å². The minimum Gasteiger partial charge on any atom is -0.423 e. The van der Waals surface area contributed by atoms with Crippen molar-refractivity contribution >= 4 is 5.97 Å². The highest BCUT2D eigenvalue weighted by Gasteiger charge is 2.13. The Hall–Kier alpha value is -2.87. The number of carbonyl (C=O) groups is 1. The molecule has 0 N–H and O–H groups in total. The predicted octanol–water partition coefficient (Wildman–Crippen LogP) is 5.64. The zero-order valence-electron chi connectivity index (χ0n) is 15.2. The molecule has 2 nitrogen and oxygen atoms in total. The van der Waals surface area contributed by atoms with E-state index in [1.165, 1.54) is 11.1 Å². The predicted molar refractivity (Wildman–Crippen MR) is 106 cm³/mol. The van der Waals surface area contributed by atoms with Crippen LogP contribution in [0.3, 0.4) is 0 Å². The molecule has 0 amide bonds. The molecule has 0 aliphatic rings. The molecule has 0 saturated heterocycles. The first-order chi connectivity index (χ1) is 12.8. The molecule has 0 aromatic heterocycles. The van der Waals surface area contributed by atoms with Gasteiger partial charge in [-0.3, -0.25) is 0 Å². The number of hydrogen-bond donors (Lipinski definition) is 0. The average molecular weight is 344 g/mol. The summed E-state index contributed by atoms with van der Waals surface area (Å²) in [5, 5.41) is 0. The van der Waals surface area contributed by atoms with Crippen LogP contribution in [0.25, 0.3) is 0 Å². The molecule has 3 aromatic carbocycles. The summed E-state index contributed by atoms with van der Waals surface area (Å²) in [7, 11) is 0. The standard InChI is InChI=1S/C24H24O2/c1-2-8-19-14-17-22(18-15-19)26-24(25)23-12-7-6-11-21(23)16-13-20-9-4-3-5-10-20/h3-7,9-12,14-15,17-18H,2,8,13,16H2,1H3. The number of esters is 1. The van der Waals surface area contributed by atoms with Crippen molar-refractivity contribution in [1.29, 1.82) is 0 Å². The van der Waals surface area contributed by atoms with Crippen molar-refractivity contribution in [2.24, 2.45) is 0 Å². The van der Waals surface area contributed by atoms with Gasteiger partial charge >= 0.3 is 5.97 Å². The van der Waals surface area contributed by atoms with Crippen molar-refractivity contribution < 1.29 is 9.53 Å². The van der Waals surface area contributed by atoms with E-state index >= 15 is 0 Å². The third-order valence-corrected chi connectivity index (χ3v) is 4.44. The Morgan fingerprint density at radius 1 is 0.731 bits per heavy atom. The van der Waals surface area contributed by atoms with Gasteiger partial charge < -0.3 is 4.74 Å². The molecule has 3 aromatic rings. The summed E-state index contributed by atoms with van der Waals surface area (Å²) < 4.78 is 5.59. The Balaban J connectivity index is 1.69. The van der Waals surface area contributed by atoms with Crippen molar-refractivity contribution in [2.75, 3.05) is 0 Å². The van der Waals surface area contributed by atoms with Gasteiger partial charge in [-0.1, -0.05) is 74.0 Å². The number of hydrogen-bond acceptors (Lipinski definition) is 2. The third kappa shape index (κ3) is 4.82. The van der Waals surface area contributed by atoms with Crippen molar-refractivity contribution in [1.82, 2.24) is 0 Å². The van der Waals surface area contributed by atoms with Gasteiger partial charge in [0.2, 0.25) is 0 Å². The van der Waals surface area contributed by atoms with Gasteiger partial charge in [-0.2, -0.15) is 0 Å². The smallest absolute Gasteiger partial charge is 0.343 e. The van der Waals surface area contributed by atoms with Crippen LogP contribution < -0.4 is 4.74 Å². The molecule has 26 heavy (non-hydrogen) atoms. The fraction of sp³-hybridized carbons (Fsp3) is 0.208. The first-order valence-electron chi connectivity index (χ1n) is 9.19. The van der Waals surface area contributed by atoms with E-state index in [0.29, 0.717) is 11.3 Å². The molecule has 0 fully saturated rings. The van der Waals surface area contributed by atoms with Gasteiger partial charge in [0.1, 0.15) is 5.75 Å². The highest BCUT2D eigenvalue weighted by Crippen LogP contribution is 2.18. The molecule has 0 spiro atoms. The van der Waals surface area contributed by atoms with Crippen LogP contribution in [0, 0.1) is 0 Å². The topological polar surface area (TPSA) is 26.3 Å². The summed E-state index contributed by atoms with van der Waals surface area (Å²) in [5.41, 5.74) is 4.18. The van der Waals surface area contributed by atoms with E-state index in [1.807, 2.05) is 66.7 Å². The molecule has 0 bridgehead atoms. The van der Waals surface area contributed by atoms with Crippen molar-refractivity contribution in [3.8, 4) is 5.75 Å². The fourth-order valence-corrected chi connectivity index (χ4v) is 3.04. The van der Waals surface area contributed by atoms with Crippen LogP contribution in [0.15, 0.2) is 78.9 Å². The summed E-state index contributed by atoms with van der Waals surface area (Å²) in [6.45, 7) is 2.15. The molecular weight excluding hydrogens is 320 g/mol. The molecule has 3 rings (SSSR count). The third-order valence-electron chi connectivity index (χ3n) is 4.44. The van der Waals surface area contributed by atoms with Gasteiger partial charge in [-0.25, -0.2) is 4.79 Å². The lowest BCUT2D eigenvalue weighted by molar-refractivity contribution is 0.0733. The van der Waals surface area contributed by atoms with E-state index in [0.717, 1.165) is 31.2 Å². The Morgan fingerprint density at radius 3 is 2.12 bits per heavy atom. The van der Waals surface area contributed by atoms with Crippen LogP contribution in [0.1, 0.15) is 40.4 Å². The minimum absolute atomic E-state index is 0.295. The second-order valence-electron chi connectivity index (χ2n) is 6.43. The van der Waals surface area contributed by atoms with Crippen LogP contribution in [-0.4, -0.2) is 5.97 Å². The molecule has 0 aliphatic heterocycles. The van der Waals surface area contributed by atoms with Gasteiger partial charge in [0.05, 0.1) is 5.56 Å². The van der Waals surface area contributed by atoms with E-state index in [4.69, 9.17) is 4.74 Å². The summed E-state index contributed by atoms with van der Waals surface area (Å²) in [5.74, 6) is 0.296. The molecule has 0 unspecified atom stereocenters. The Kier molecular flexibility index (Phi) is 6.21. The molecule has 0 atom stereocenters. The summed E-state index contributed by atoms with van der Waals surface area (Å²) >= 11 is 0. The van der Waals surface area contributed by atoms with Crippen LogP contribution in [-0.2, 0) is 19.3 Å². The zero-order chi connectivity index (χ0) is 18.2. The quantitative estimate of drug-likeness (QED) is 0.409. The van der Waals surface area contributed by atoms with Crippen LogP contribution in [0.4, 0.5) is 0 Å². The molecule has 2 heteroatoms. The molecule has 0 heterocycles. The lowest BCUT2D eigenvalue weighted by Crippen LogP contribution is -2.12. The van der Waals surface area contributed by atoms with Gasteiger partial charge in [-0.05, 0) is 54.2 Å². The second-order valence-corrected chi connectivity index (χ2v) is 6.43. The summed E-state index contributed by atoms with van der Waals surface area (Å²) in [4.78, 5) is 12.6. The van der Waals surface area contributed by atoms with E-state index in [-0.39, 0.29) is 5.97 Å². The van der Waals surface area contributed by atoms with Crippen LogP contribution >= 0.6 is 0 Å². The van der Waals surface area contributed by atoms with E-state index in [2.05, 4.69) is 19.1 Å². The summed E-state index contributed by atoms with van der Waals surface area (Å²) in [6, 6.07) is 25.8. The zero-order valence-corrected chi connectivity index (χ0v) is 15.2. The van der Waals surface area contributed by atoms with E-state index in [1.54, 1.807) is 0 Å². The number of ether oxygens (including phenoxy) is 1. The fourth-order valence-electron chi connectivity index (χ4n) is 3.04. The number of rotatable bonds is 7. The Bertz CT molecular complexity index is 836. The highest BCUT2D eigenvalue weighted by atomic mass is 16.5. The molecule has 132 valence electrons. The minimum atomic E-state index is -0.295. The SMILES string of the molecule is CCCc1ccc(OC(=O)c2ccccc2CCc2ccccc2)cc1. The molecule has 0 aliphatic carbocycles. The first kappa shape index (κ1) is 17.9. The second kappa shape index (κ2) is 9.00. The van der Waals surface area contributed by atoms with Crippen molar-refractivity contribution in [3.63, 3.8) is 0 Å². The van der Waals surface area contributed by atoms with E-state index < -0.39 is 0 Å². The van der Waals surface area contributed by atoms with Gasteiger partial charge in [0, 0.05) is 0 Å². The maximum Gasteiger partial charge on any atom is 0.343 e. The lowest BCUT2D eigenvalue weighted by atomic mass is 10.00. The van der Waals surface area contributed by atoms with Gasteiger partial charge in [0.25, 0.3) is 0 Å². The number of aryl methyl sites for hydroxylation is 3. The maximum atomic E-state index is 12.6. The largest absolute Gasteiger partial charge is 0.423 e. The van der Waals surface area contributed by atoms with Gasteiger partial charge in [0.15, 0.2) is 0 Å². The number of benzene rings is 3. The number of carbonyl (C=O) groups excluding carboxylic acids is 1. The molecule has 0 radical (unpaired) electrons. The Morgan fingerprint density at radius 2 is 1.38 bits per heavy atom. The maximum absolute atomic E-state index is 12.6. The van der Waals surface area contributed by atoms with Gasteiger partial charge in [-0.15, -0.1) is 0 Å². The molecular formula is C24H24O2. The lowest BCUT2D eigenvalue weighted by Gasteiger charge is -2.10. The molecule has 0 saturated carbocycles. The average Bonchev–Trinajstić information content (AvgIpc) is 2.69.